The van der Waals surface area contributed by atoms with Crippen LogP contribution in [0.3, 0.4) is 0 Å². The summed E-state index contributed by atoms with van der Waals surface area (Å²) < 4.78 is 36.7. The van der Waals surface area contributed by atoms with Gasteiger partial charge in [0.15, 0.2) is 5.15 Å². The molecule has 5 rings (SSSR count). The summed E-state index contributed by atoms with van der Waals surface area (Å²) in [6, 6.07) is 12.1. The highest BCUT2D eigenvalue weighted by atomic mass is 35.5. The number of anilines is 2. The van der Waals surface area contributed by atoms with Crippen molar-refractivity contribution in [2.45, 2.75) is 78.0 Å². The summed E-state index contributed by atoms with van der Waals surface area (Å²) in [6.45, 7) is 11.1. The van der Waals surface area contributed by atoms with Gasteiger partial charge < -0.3 is 30.2 Å². The quantitative estimate of drug-likeness (QED) is 0.145. The molecule has 57 heavy (non-hydrogen) atoms. The Balaban J connectivity index is 1.45. The first-order valence-electron chi connectivity index (χ1n) is 18.3. The van der Waals surface area contributed by atoms with Crippen LogP contribution in [0.4, 0.5) is 25.8 Å². The summed E-state index contributed by atoms with van der Waals surface area (Å²) in [5.74, 6) is -0.231. The molecule has 2 fully saturated rings. The van der Waals surface area contributed by atoms with E-state index in [1.165, 1.54) is 34.8 Å². The number of piperidine rings is 1. The minimum Gasteiger partial charge on any atom is -0.465 e. The molecule has 0 saturated carbocycles. The van der Waals surface area contributed by atoms with Gasteiger partial charge in [-0.2, -0.15) is 0 Å². The smallest absolute Gasteiger partial charge is 0.437 e. The molecule has 308 valence electrons. The van der Waals surface area contributed by atoms with Crippen LogP contribution in [0.15, 0.2) is 53.5 Å². The first-order chi connectivity index (χ1) is 26.5. The monoisotopic (exact) mass is 828 g/mol. The Morgan fingerprint density at radius 2 is 1.56 bits per heavy atom. The van der Waals surface area contributed by atoms with E-state index in [-0.39, 0.29) is 34.1 Å². The number of carbonyl (C=O) groups is 4. The van der Waals surface area contributed by atoms with Crippen molar-refractivity contribution in [1.82, 2.24) is 19.2 Å². The lowest BCUT2D eigenvalue weighted by atomic mass is 9.83. The second kappa shape index (κ2) is 16.7. The first kappa shape index (κ1) is 42.9. The lowest BCUT2D eigenvalue weighted by Gasteiger charge is -2.33. The molecule has 0 bridgehead atoms. The van der Waals surface area contributed by atoms with E-state index in [9.17, 15) is 27.6 Å². The number of benzene rings is 2. The molecule has 0 unspecified atom stereocenters. The molecule has 0 aliphatic carbocycles. The molecule has 3 aromatic rings. The lowest BCUT2D eigenvalue weighted by molar-refractivity contribution is 0.0599. The number of aromatic nitrogens is 2. The van der Waals surface area contributed by atoms with Crippen LogP contribution in [-0.4, -0.2) is 99.9 Å². The number of guanidine groups is 1. The van der Waals surface area contributed by atoms with Crippen LogP contribution in [0, 0.1) is 11.8 Å². The molecule has 2 saturated heterocycles. The van der Waals surface area contributed by atoms with E-state index >= 15 is 0 Å². The molecular weight excluding hydrogens is 780 g/mol. The number of ether oxygens (including phenoxy) is 2. The van der Waals surface area contributed by atoms with Gasteiger partial charge >= 0.3 is 18.3 Å². The number of nitrogens with one attached hydrogen (secondary N) is 2. The average Bonchev–Trinajstić information content (AvgIpc) is 3.70. The van der Waals surface area contributed by atoms with E-state index in [1.807, 2.05) is 0 Å². The van der Waals surface area contributed by atoms with Gasteiger partial charge in [0.25, 0.3) is 5.91 Å². The largest absolute Gasteiger partial charge is 0.465 e. The highest BCUT2D eigenvalue weighted by Gasteiger charge is 2.43. The van der Waals surface area contributed by atoms with Gasteiger partial charge in [-0.25, -0.2) is 37.0 Å². The third kappa shape index (κ3) is 11.0. The molecule has 19 heteroatoms. The molecular formula is C38H49ClN8O9S. The zero-order chi connectivity index (χ0) is 42.0. The zero-order valence-corrected chi connectivity index (χ0v) is 34.5. The van der Waals surface area contributed by atoms with Crippen molar-refractivity contribution in [3.8, 4) is 11.3 Å². The number of H-pyrrole nitrogens is 1. The van der Waals surface area contributed by atoms with Crippen LogP contribution in [-0.2, 0) is 19.5 Å². The minimum absolute atomic E-state index is 0.0140. The molecule has 0 radical (unpaired) electrons. The Morgan fingerprint density at radius 1 is 0.965 bits per heavy atom. The number of carbonyl (C=O) groups excluding carboxylic acids is 3. The summed E-state index contributed by atoms with van der Waals surface area (Å²) in [4.78, 5) is 65.8. The Labute approximate surface area is 336 Å². The number of hydrogen-bond acceptors (Lipinski definition) is 9. The number of aliphatic imine (C=N–C) groups is 1. The van der Waals surface area contributed by atoms with Crippen molar-refractivity contribution >= 4 is 63.1 Å². The molecule has 1 aromatic heterocycles. The maximum Gasteiger partial charge on any atom is 0.437 e. The van der Waals surface area contributed by atoms with Gasteiger partial charge in [-0.3, -0.25) is 10.1 Å². The van der Waals surface area contributed by atoms with Gasteiger partial charge in [0.1, 0.15) is 17.0 Å². The average molecular weight is 829 g/mol. The van der Waals surface area contributed by atoms with Crippen LogP contribution >= 0.6 is 11.6 Å². The third-order valence-electron chi connectivity index (χ3n) is 9.42. The molecule has 0 spiro atoms. The number of carboxylic acid groups (broad SMARTS) is 1. The number of amides is 4. The Kier molecular flexibility index (Phi) is 12.6. The summed E-state index contributed by atoms with van der Waals surface area (Å²) in [5.41, 5.74) is 6.36. The van der Waals surface area contributed by atoms with E-state index in [2.05, 4.69) is 20.3 Å². The summed E-state index contributed by atoms with van der Waals surface area (Å²) >= 11 is 6.66. The molecule has 2 atom stereocenters. The molecule has 17 nitrogen and oxygen atoms in total. The number of hydrogen-bond donors (Lipinski definition) is 4. The van der Waals surface area contributed by atoms with Crippen LogP contribution in [0.25, 0.3) is 11.3 Å². The van der Waals surface area contributed by atoms with E-state index in [4.69, 9.17) is 31.9 Å². The van der Waals surface area contributed by atoms with E-state index in [1.54, 1.807) is 70.7 Å². The van der Waals surface area contributed by atoms with Gasteiger partial charge in [0, 0.05) is 36.4 Å². The zero-order valence-electron chi connectivity index (χ0n) is 32.9. The van der Waals surface area contributed by atoms with Gasteiger partial charge in [0.05, 0.1) is 23.7 Å². The number of nitrogens with two attached hydrogens (primary N) is 1. The van der Waals surface area contributed by atoms with Crippen molar-refractivity contribution in [2.24, 2.45) is 22.6 Å². The van der Waals surface area contributed by atoms with Crippen LogP contribution in [0.5, 0.6) is 0 Å². The Hall–Kier alpha value is -5.20. The fraction of sp³-hybridized carbons (Fsp3) is 0.474. The highest BCUT2D eigenvalue weighted by molar-refractivity contribution is 7.88. The number of aromatic amines is 1. The summed E-state index contributed by atoms with van der Waals surface area (Å²) in [5, 5.41) is 11.5. The molecule has 5 N–H and O–H groups in total. The van der Waals surface area contributed by atoms with Gasteiger partial charge in [-0.05, 0) is 109 Å². The van der Waals surface area contributed by atoms with E-state index in [0.717, 1.165) is 4.90 Å². The van der Waals surface area contributed by atoms with E-state index < -0.39 is 51.5 Å². The third-order valence-corrected chi connectivity index (χ3v) is 11.0. The number of sulfonamides is 1. The number of nitrogens with zero attached hydrogens (tertiary/aromatic N) is 5. The topological polar surface area (TPSA) is 230 Å². The van der Waals surface area contributed by atoms with Crippen molar-refractivity contribution in [3.63, 3.8) is 0 Å². The molecule has 3 heterocycles. The van der Waals surface area contributed by atoms with Crippen molar-refractivity contribution in [2.75, 3.05) is 36.1 Å². The maximum atomic E-state index is 14.4. The second-order valence-corrected chi connectivity index (χ2v) is 18.4. The highest BCUT2D eigenvalue weighted by Crippen LogP contribution is 2.43. The lowest BCUT2D eigenvalue weighted by Crippen LogP contribution is -2.45. The number of halogens is 1. The van der Waals surface area contributed by atoms with Crippen LogP contribution < -0.4 is 16.0 Å². The molecule has 2 aromatic carbocycles. The summed E-state index contributed by atoms with van der Waals surface area (Å²) in [7, 11) is -3.33. The predicted octanol–water partition coefficient (Wildman–Crippen LogP) is 6.69. The molecule has 2 aliphatic heterocycles. The maximum absolute atomic E-state index is 14.4. The standard InChI is InChI=1S/C38H49ClN8O9S/c1-37(2,3)55-35(51)44-33(40)47(36(52)56-38(4,5)6)27-14-10-24(11-15-27)32(48)46-21-25(22-16-18-45(19-17-22)57(7,53)54)20-28(46)31-42-29(30(39)43-31)23-8-12-26(13-9-23)41-34(49)50/h8-15,22,25,28,41H,16-21H2,1-7H3,(H,42,43)(H,49,50)(H2,40,44,51)/t25-,28-/m1/s1. The number of imidazole rings is 1. The fourth-order valence-corrected chi connectivity index (χ4v) is 8.04. The SMILES string of the molecule is CC(C)(C)OC(=O)N=C(N)N(C(=O)OC(C)(C)C)c1ccc(C(=O)N2C[C@H](C3CCN(S(C)(=O)=O)CC3)C[C@@H]2c2nc(Cl)c(-c3ccc(NC(=O)O)cc3)[nH]2)cc1. The fourth-order valence-electron chi connectivity index (χ4n) is 6.92. The van der Waals surface area contributed by atoms with E-state index in [0.29, 0.717) is 61.7 Å². The van der Waals surface area contributed by atoms with Gasteiger partial charge in [-0.1, -0.05) is 23.7 Å². The van der Waals surface area contributed by atoms with Crippen LogP contribution in [0.2, 0.25) is 5.15 Å². The van der Waals surface area contributed by atoms with Crippen molar-refractivity contribution < 1.29 is 42.2 Å². The number of rotatable bonds is 7. The Bertz CT molecular complexity index is 2120. The Morgan fingerprint density at radius 3 is 2.11 bits per heavy atom. The second-order valence-electron chi connectivity index (χ2n) is 16.1. The van der Waals surface area contributed by atoms with Crippen molar-refractivity contribution in [3.05, 3.63) is 65.1 Å². The van der Waals surface area contributed by atoms with Gasteiger partial charge in [0.2, 0.25) is 16.0 Å². The minimum atomic E-state index is -3.33. The predicted molar refractivity (Wildman–Crippen MR) is 215 cm³/mol. The molecule has 4 amide bonds. The van der Waals surface area contributed by atoms with Gasteiger partial charge in [-0.15, -0.1) is 4.99 Å². The first-order valence-corrected chi connectivity index (χ1v) is 20.5. The van der Waals surface area contributed by atoms with Crippen LogP contribution in [0.1, 0.15) is 83.0 Å². The summed E-state index contributed by atoms with van der Waals surface area (Å²) in [6.07, 6.45) is -0.113. The normalized spacial score (nSPS) is 18.6. The number of likely N-dealkylation sites (tertiary alicyclic amines) is 1. The van der Waals surface area contributed by atoms with Crippen molar-refractivity contribution in [1.29, 1.82) is 0 Å². The molecule has 2 aliphatic rings.